The monoisotopic (exact) mass is 1210 g/mol. The van der Waals surface area contributed by atoms with E-state index < -0.39 is 21.6 Å². The van der Waals surface area contributed by atoms with E-state index in [2.05, 4.69) is 288 Å². The predicted molar refractivity (Wildman–Crippen MR) is 389 cm³/mol. The van der Waals surface area contributed by atoms with Crippen molar-refractivity contribution in [2.24, 2.45) is 0 Å². The molecule has 13 aromatic carbocycles. The lowest BCUT2D eigenvalue weighted by molar-refractivity contribution is 0.670. The predicted octanol–water partition coefficient (Wildman–Crippen LogP) is 22.7. The molecule has 0 N–H and O–H groups in total. The van der Waals surface area contributed by atoms with E-state index in [1.807, 2.05) is 24.3 Å². The molecule has 16 aromatic rings. The van der Waals surface area contributed by atoms with Crippen LogP contribution >= 0.6 is 0 Å². The Morgan fingerprint density at radius 2 is 0.804 bits per heavy atom. The third-order valence-corrected chi connectivity index (χ3v) is 24.0. The van der Waals surface area contributed by atoms with Gasteiger partial charge in [0.2, 0.25) is 11.4 Å². The van der Waals surface area contributed by atoms with Crippen molar-refractivity contribution in [3.05, 3.63) is 294 Å². The smallest absolute Gasteiger partial charge is 0.229 e. The first kappa shape index (κ1) is 53.8. The number of anilines is 6. The van der Waals surface area contributed by atoms with Gasteiger partial charge >= 0.3 is 0 Å². The number of nitrogens with zero attached hydrogens (tertiary/aromatic N) is 5. The van der Waals surface area contributed by atoms with Crippen LogP contribution in [0.1, 0.15) is 22.3 Å². The fourth-order valence-electron chi connectivity index (χ4n) is 15.7. The Bertz CT molecular complexity index is 5880. The zero-order chi connectivity index (χ0) is 62.1. The van der Waals surface area contributed by atoms with Crippen molar-refractivity contribution in [2.75, 3.05) is 9.80 Å². The number of hydrogen-bond donors (Lipinski definition) is 0. The van der Waals surface area contributed by atoms with Gasteiger partial charge in [0.15, 0.2) is 11.2 Å². The molecule has 18 rings (SSSR count). The van der Waals surface area contributed by atoms with Crippen molar-refractivity contribution in [3.63, 3.8) is 0 Å². The topological polar surface area (TPSA) is 46.4 Å². The molecule has 0 saturated carbocycles. The molecular formula is C83H59N5O2Si2. The Morgan fingerprint density at radius 3 is 1.33 bits per heavy atom. The fraction of sp³-hybridized carbons (Fsp3) is 0.0843. The Kier molecular flexibility index (Phi) is 11.3. The maximum absolute atomic E-state index is 8.28. The van der Waals surface area contributed by atoms with Gasteiger partial charge in [-0.2, -0.15) is 0 Å². The van der Waals surface area contributed by atoms with Crippen LogP contribution in [0.25, 0.3) is 114 Å². The van der Waals surface area contributed by atoms with E-state index in [1.54, 1.807) is 0 Å². The number of benzene rings is 13. The van der Waals surface area contributed by atoms with Crippen LogP contribution in [0.5, 0.6) is 0 Å². The van der Waals surface area contributed by atoms with Gasteiger partial charge in [0.05, 0.1) is 62.8 Å². The minimum Gasteiger partial charge on any atom is -0.465 e. The first-order valence-electron chi connectivity index (χ1n) is 31.5. The van der Waals surface area contributed by atoms with E-state index in [0.29, 0.717) is 33.7 Å². The van der Waals surface area contributed by atoms with E-state index in [-0.39, 0.29) is 0 Å². The van der Waals surface area contributed by atoms with E-state index in [1.165, 1.54) is 65.3 Å². The highest BCUT2D eigenvalue weighted by atomic mass is 28.3. The fourth-order valence-corrected chi connectivity index (χ4v) is 18.0. The molecule has 0 radical (unpaired) electrons. The summed E-state index contributed by atoms with van der Waals surface area (Å²) in [5, 5.41) is 13.5. The summed E-state index contributed by atoms with van der Waals surface area (Å²) >= 11 is 0. The van der Waals surface area contributed by atoms with E-state index in [9.17, 15) is 0 Å². The van der Waals surface area contributed by atoms with Crippen LogP contribution in [0.4, 0.5) is 45.5 Å². The molecule has 3 aromatic heterocycles. The Hall–Kier alpha value is -11.2. The second-order valence-electron chi connectivity index (χ2n) is 26.9. The summed E-state index contributed by atoms with van der Waals surface area (Å²) in [4.78, 5) is 12.7. The molecule has 4 heterocycles. The molecule has 436 valence electrons. The van der Waals surface area contributed by atoms with Crippen LogP contribution in [0.15, 0.2) is 258 Å². The first-order valence-corrected chi connectivity index (χ1v) is 38.5. The number of rotatable bonds is 8. The van der Waals surface area contributed by atoms with E-state index in [4.69, 9.17) is 22.0 Å². The molecule has 9 heteroatoms. The number of fused-ring (bicyclic) bond motifs is 22. The Balaban J connectivity index is 1.00. The molecular weight excluding hydrogens is 1160 g/mol. The van der Waals surface area contributed by atoms with Crippen LogP contribution in [0, 0.1) is 13.1 Å². The molecule has 1 spiro atoms. The van der Waals surface area contributed by atoms with Gasteiger partial charge in [-0.15, -0.1) is 0 Å². The van der Waals surface area contributed by atoms with Crippen LogP contribution < -0.4 is 20.2 Å². The van der Waals surface area contributed by atoms with Gasteiger partial charge in [-0.3, -0.25) is 0 Å². The largest absolute Gasteiger partial charge is 0.465 e. The molecule has 0 atom stereocenters. The van der Waals surface area contributed by atoms with Crippen LogP contribution in [-0.2, 0) is 5.41 Å². The number of aromatic nitrogens is 1. The molecule has 0 unspecified atom stereocenters. The normalized spacial score (nSPS) is 13.2. The van der Waals surface area contributed by atoms with Gasteiger partial charge in [-0.25, -0.2) is 9.69 Å². The minimum atomic E-state index is -1.75. The lowest BCUT2D eigenvalue weighted by Crippen LogP contribution is -2.37. The van der Waals surface area contributed by atoms with Crippen LogP contribution in [0.3, 0.4) is 0 Å². The second-order valence-corrected chi connectivity index (χ2v) is 37.1. The summed E-state index contributed by atoms with van der Waals surface area (Å²) in [5.74, 6) is 0. The summed E-state index contributed by atoms with van der Waals surface area (Å²) in [5.41, 5.74) is 19.1. The number of para-hydroxylation sites is 5. The average Bonchev–Trinajstić information content (AvgIpc) is 1.47. The van der Waals surface area contributed by atoms with Crippen LogP contribution in [0.2, 0.25) is 39.3 Å². The second kappa shape index (κ2) is 19.4. The molecule has 0 bridgehead atoms. The van der Waals surface area contributed by atoms with E-state index >= 15 is 0 Å². The SMILES string of the molecule is [C-]#[N+]c1cccc2c1oc1c(N(c3ccc([Si](C)(C)C)cc3)c3ccc4c(c3)c3cc(N(c5ccc([Si](C)(C)C)cc5)c5cccc6c5oc5c([N+]#[C-])cccc56)cc5c3n4-c3ccccc3C53c4ccc5ccccc5c4-c4c3ccc3ccccc43)cccc12. The first-order chi connectivity index (χ1) is 44.8. The van der Waals surface area contributed by atoms with Crippen molar-refractivity contribution < 1.29 is 8.83 Å². The lowest BCUT2D eigenvalue weighted by atomic mass is 9.65. The van der Waals surface area contributed by atoms with Gasteiger partial charge < -0.3 is 23.2 Å². The zero-order valence-corrected chi connectivity index (χ0v) is 53.7. The van der Waals surface area contributed by atoms with Crippen molar-refractivity contribution in [1.29, 1.82) is 0 Å². The molecule has 0 amide bonds. The molecule has 2 aliphatic rings. The highest BCUT2D eigenvalue weighted by molar-refractivity contribution is 6.89. The van der Waals surface area contributed by atoms with Gasteiger partial charge in [-0.1, -0.05) is 226 Å². The van der Waals surface area contributed by atoms with Gasteiger partial charge in [0.25, 0.3) is 0 Å². The summed E-state index contributed by atoms with van der Waals surface area (Å²) in [6.07, 6.45) is 0. The standard InChI is InChI=1S/C83H59N5O2Si2/c1-84-70-28-15-23-60-62-25-17-31-74(81(62)89-79(60)70)86(52-35-40-56(41-36-52)91(3,4)5)54-39-46-72-64(47-54)65-48-55(87(53-37-42-57(43-38-53)92(6,7)8)75-32-18-26-63-61-24-16-29-71(85-2)80(61)90-82(63)75)49-69-78(65)88(72)73-30-14-13-27-66(73)83(69)67-44-33-50-19-9-11-21-58(50)76(67)77-59-22-12-10-20-51(59)34-45-68(77)83/h9-49H,3-8H3. The quantitative estimate of drug-likeness (QED) is 0.112. The Morgan fingerprint density at radius 1 is 0.359 bits per heavy atom. The Labute approximate surface area is 534 Å². The zero-order valence-electron chi connectivity index (χ0n) is 51.7. The third-order valence-electron chi connectivity index (χ3n) is 19.9. The summed E-state index contributed by atoms with van der Waals surface area (Å²) in [7, 11) is -3.45. The van der Waals surface area contributed by atoms with Crippen LogP contribution in [-0.4, -0.2) is 20.7 Å². The molecule has 7 nitrogen and oxygen atoms in total. The third kappa shape index (κ3) is 7.46. The van der Waals surface area contributed by atoms with Crippen molar-refractivity contribution >= 4 is 159 Å². The van der Waals surface area contributed by atoms with Gasteiger partial charge in [-0.05, 0) is 128 Å². The molecule has 1 aliphatic heterocycles. The minimum absolute atomic E-state index is 0.482. The van der Waals surface area contributed by atoms with Crippen molar-refractivity contribution in [1.82, 2.24) is 4.57 Å². The highest BCUT2D eigenvalue weighted by Crippen LogP contribution is 2.64. The number of hydrogen-bond acceptors (Lipinski definition) is 4. The molecule has 1 aliphatic carbocycles. The number of furan rings is 2. The highest BCUT2D eigenvalue weighted by Gasteiger charge is 2.52. The maximum Gasteiger partial charge on any atom is 0.229 e. The van der Waals surface area contributed by atoms with Crippen molar-refractivity contribution in [3.8, 4) is 16.8 Å². The summed E-state index contributed by atoms with van der Waals surface area (Å²) < 4.78 is 16.6. The van der Waals surface area contributed by atoms with Gasteiger partial charge in [0.1, 0.15) is 11.2 Å². The molecule has 0 fully saturated rings. The average molecular weight is 1210 g/mol. The maximum atomic E-state index is 8.28. The van der Waals surface area contributed by atoms with E-state index in [0.717, 1.165) is 83.2 Å². The van der Waals surface area contributed by atoms with Crippen molar-refractivity contribution in [2.45, 2.75) is 44.7 Å². The van der Waals surface area contributed by atoms with Gasteiger partial charge in [0, 0.05) is 55.1 Å². The molecule has 92 heavy (non-hydrogen) atoms. The summed E-state index contributed by atoms with van der Waals surface area (Å²) in [6.45, 7) is 30.8. The summed E-state index contributed by atoms with van der Waals surface area (Å²) in [6, 6.07) is 91.4. The lowest BCUT2D eigenvalue weighted by Gasteiger charge is -2.40. The molecule has 0 saturated heterocycles.